The number of nitrogens with zero attached hydrogens (tertiary/aromatic N) is 2. The van der Waals surface area contributed by atoms with Crippen molar-refractivity contribution < 1.29 is 4.79 Å². The van der Waals surface area contributed by atoms with Gasteiger partial charge >= 0.3 is 0 Å². The minimum atomic E-state index is -0.0658. The van der Waals surface area contributed by atoms with Gasteiger partial charge in [-0.2, -0.15) is 5.10 Å². The van der Waals surface area contributed by atoms with E-state index in [1.54, 1.807) is 24.0 Å². The number of carbonyl (C=O) groups is 1. The Morgan fingerprint density at radius 1 is 1.26 bits per heavy atom. The van der Waals surface area contributed by atoms with Crippen molar-refractivity contribution in [2.24, 2.45) is 0 Å². The van der Waals surface area contributed by atoms with Crippen molar-refractivity contribution in [2.75, 3.05) is 18.9 Å². The van der Waals surface area contributed by atoms with Crippen LogP contribution in [0.3, 0.4) is 0 Å². The maximum Gasteiger partial charge on any atom is 0.239 e. The van der Waals surface area contributed by atoms with Gasteiger partial charge in [-0.25, -0.2) is 4.68 Å². The lowest BCUT2D eigenvalue weighted by molar-refractivity contribution is -0.115. The SMILES string of the molecule is CNCC(=O)Nc1ccnn1CCc1ccccc1. The summed E-state index contributed by atoms with van der Waals surface area (Å²) < 4.78 is 1.81. The number of likely N-dealkylation sites (N-methyl/N-ethyl adjacent to an activating group) is 1. The Morgan fingerprint density at radius 3 is 2.79 bits per heavy atom. The first-order valence-electron chi connectivity index (χ1n) is 6.30. The predicted molar refractivity (Wildman–Crippen MR) is 74.9 cm³/mol. The minimum absolute atomic E-state index is 0.0658. The summed E-state index contributed by atoms with van der Waals surface area (Å²) in [5.41, 5.74) is 1.26. The number of amides is 1. The Kier molecular flexibility index (Phi) is 4.69. The van der Waals surface area contributed by atoms with Crippen LogP contribution in [0.1, 0.15) is 5.56 Å². The second kappa shape index (κ2) is 6.70. The molecule has 0 spiro atoms. The van der Waals surface area contributed by atoms with Gasteiger partial charge in [0, 0.05) is 12.6 Å². The fraction of sp³-hybridized carbons (Fsp3) is 0.286. The van der Waals surface area contributed by atoms with Crippen molar-refractivity contribution >= 4 is 11.7 Å². The van der Waals surface area contributed by atoms with Gasteiger partial charge < -0.3 is 10.6 Å². The van der Waals surface area contributed by atoms with Gasteiger partial charge in [-0.1, -0.05) is 30.3 Å². The molecule has 100 valence electrons. The van der Waals surface area contributed by atoms with Crippen LogP contribution in [0.4, 0.5) is 5.82 Å². The Labute approximate surface area is 112 Å². The van der Waals surface area contributed by atoms with Crippen LogP contribution >= 0.6 is 0 Å². The number of hydrogen-bond acceptors (Lipinski definition) is 3. The lowest BCUT2D eigenvalue weighted by Crippen LogP contribution is -2.26. The monoisotopic (exact) mass is 258 g/mol. The Balaban J connectivity index is 1.94. The zero-order valence-electron chi connectivity index (χ0n) is 11.0. The average molecular weight is 258 g/mol. The van der Waals surface area contributed by atoms with Gasteiger partial charge in [0.15, 0.2) is 0 Å². The van der Waals surface area contributed by atoms with E-state index < -0.39 is 0 Å². The third-order valence-corrected chi connectivity index (χ3v) is 2.78. The van der Waals surface area contributed by atoms with E-state index in [0.29, 0.717) is 6.54 Å². The number of rotatable bonds is 6. The lowest BCUT2D eigenvalue weighted by Gasteiger charge is -2.08. The minimum Gasteiger partial charge on any atom is -0.311 e. The van der Waals surface area contributed by atoms with Crippen LogP contribution in [0.2, 0.25) is 0 Å². The van der Waals surface area contributed by atoms with Gasteiger partial charge in [0.05, 0.1) is 12.7 Å². The molecule has 0 saturated carbocycles. The van der Waals surface area contributed by atoms with E-state index in [1.807, 2.05) is 18.2 Å². The number of nitrogens with one attached hydrogen (secondary N) is 2. The van der Waals surface area contributed by atoms with Gasteiger partial charge in [0.2, 0.25) is 5.91 Å². The number of benzene rings is 1. The summed E-state index contributed by atoms with van der Waals surface area (Å²) >= 11 is 0. The zero-order chi connectivity index (χ0) is 13.5. The number of anilines is 1. The number of carbonyl (C=O) groups excluding carboxylic acids is 1. The summed E-state index contributed by atoms with van der Waals surface area (Å²) in [6.07, 6.45) is 2.58. The highest BCUT2D eigenvalue weighted by Crippen LogP contribution is 2.08. The number of aromatic nitrogens is 2. The van der Waals surface area contributed by atoms with E-state index in [4.69, 9.17) is 0 Å². The molecule has 1 heterocycles. The van der Waals surface area contributed by atoms with Crippen LogP contribution in [0.15, 0.2) is 42.6 Å². The maximum atomic E-state index is 11.5. The van der Waals surface area contributed by atoms with Crippen molar-refractivity contribution in [1.82, 2.24) is 15.1 Å². The molecule has 0 unspecified atom stereocenters. The maximum absolute atomic E-state index is 11.5. The van der Waals surface area contributed by atoms with E-state index in [1.165, 1.54) is 5.56 Å². The molecule has 0 saturated heterocycles. The van der Waals surface area contributed by atoms with Crippen molar-refractivity contribution in [3.05, 3.63) is 48.2 Å². The standard InChI is InChI=1S/C14H18N4O/c1-15-11-14(19)17-13-7-9-16-18(13)10-8-12-5-3-2-4-6-12/h2-7,9,15H,8,10-11H2,1H3,(H,17,19). The van der Waals surface area contributed by atoms with E-state index in [0.717, 1.165) is 18.8 Å². The molecule has 0 aliphatic rings. The highest BCUT2D eigenvalue weighted by Gasteiger charge is 2.06. The lowest BCUT2D eigenvalue weighted by atomic mass is 10.1. The Bertz CT molecular complexity index is 521. The van der Waals surface area contributed by atoms with E-state index >= 15 is 0 Å². The topological polar surface area (TPSA) is 59.0 Å². The fourth-order valence-corrected chi connectivity index (χ4v) is 1.84. The molecule has 2 aromatic rings. The van der Waals surface area contributed by atoms with E-state index in [2.05, 4.69) is 27.9 Å². The summed E-state index contributed by atoms with van der Waals surface area (Å²) in [4.78, 5) is 11.5. The molecular weight excluding hydrogens is 240 g/mol. The summed E-state index contributed by atoms with van der Waals surface area (Å²) in [7, 11) is 1.74. The van der Waals surface area contributed by atoms with E-state index in [-0.39, 0.29) is 5.91 Å². The Morgan fingerprint density at radius 2 is 2.05 bits per heavy atom. The fourth-order valence-electron chi connectivity index (χ4n) is 1.84. The summed E-state index contributed by atoms with van der Waals surface area (Å²) in [5, 5.41) is 9.87. The molecule has 0 aliphatic heterocycles. The first-order valence-corrected chi connectivity index (χ1v) is 6.30. The summed E-state index contributed by atoms with van der Waals surface area (Å²) in [6.45, 7) is 1.04. The number of hydrogen-bond donors (Lipinski definition) is 2. The smallest absolute Gasteiger partial charge is 0.239 e. The molecule has 2 rings (SSSR count). The van der Waals surface area contributed by atoms with Crippen molar-refractivity contribution in [1.29, 1.82) is 0 Å². The van der Waals surface area contributed by atoms with Gasteiger partial charge in [0.25, 0.3) is 0 Å². The first-order chi connectivity index (χ1) is 9.29. The molecule has 1 aromatic heterocycles. The van der Waals surface area contributed by atoms with Gasteiger partial charge in [-0.3, -0.25) is 4.79 Å². The molecule has 0 fully saturated rings. The molecule has 5 nitrogen and oxygen atoms in total. The molecule has 1 amide bonds. The predicted octanol–water partition coefficient (Wildman–Crippen LogP) is 1.28. The quantitative estimate of drug-likeness (QED) is 0.820. The normalized spacial score (nSPS) is 10.4. The van der Waals surface area contributed by atoms with E-state index in [9.17, 15) is 4.79 Å². The van der Waals surface area contributed by atoms with Crippen molar-refractivity contribution in [3.8, 4) is 0 Å². The summed E-state index contributed by atoms with van der Waals surface area (Å²) in [5.74, 6) is 0.667. The first kappa shape index (κ1) is 13.3. The molecule has 0 radical (unpaired) electrons. The third-order valence-electron chi connectivity index (χ3n) is 2.78. The third kappa shape index (κ3) is 3.93. The summed E-state index contributed by atoms with van der Waals surface area (Å²) in [6, 6.07) is 12.0. The largest absolute Gasteiger partial charge is 0.311 e. The molecule has 2 N–H and O–H groups in total. The Hall–Kier alpha value is -2.14. The zero-order valence-corrected chi connectivity index (χ0v) is 11.0. The number of aryl methyl sites for hydroxylation is 2. The van der Waals surface area contributed by atoms with Crippen LogP contribution in [0, 0.1) is 0 Å². The van der Waals surface area contributed by atoms with Gasteiger partial charge in [-0.05, 0) is 19.0 Å². The average Bonchev–Trinajstić information content (AvgIpc) is 2.85. The second-order valence-corrected chi connectivity index (χ2v) is 4.25. The molecule has 19 heavy (non-hydrogen) atoms. The second-order valence-electron chi connectivity index (χ2n) is 4.25. The highest BCUT2D eigenvalue weighted by atomic mass is 16.2. The van der Waals surface area contributed by atoms with Gasteiger partial charge in [0.1, 0.15) is 5.82 Å². The van der Waals surface area contributed by atoms with Gasteiger partial charge in [-0.15, -0.1) is 0 Å². The van der Waals surface area contributed by atoms with Crippen molar-refractivity contribution in [2.45, 2.75) is 13.0 Å². The molecule has 1 aromatic carbocycles. The van der Waals surface area contributed by atoms with Crippen LogP contribution in [0.25, 0.3) is 0 Å². The molecule has 0 bridgehead atoms. The molecule has 5 heteroatoms. The van der Waals surface area contributed by atoms with Crippen LogP contribution < -0.4 is 10.6 Å². The van der Waals surface area contributed by atoms with Crippen molar-refractivity contribution in [3.63, 3.8) is 0 Å². The molecule has 0 aliphatic carbocycles. The van der Waals surface area contributed by atoms with Crippen LogP contribution in [0.5, 0.6) is 0 Å². The molecule has 0 atom stereocenters. The molecular formula is C14H18N4O. The van der Waals surface area contributed by atoms with Crippen LogP contribution in [-0.4, -0.2) is 29.3 Å². The van der Waals surface area contributed by atoms with Crippen LogP contribution in [-0.2, 0) is 17.8 Å². The highest BCUT2D eigenvalue weighted by molar-refractivity contribution is 5.91.